The molecule has 1 aromatic rings. The van der Waals surface area contributed by atoms with Crippen molar-refractivity contribution in [3.8, 4) is 0 Å². The van der Waals surface area contributed by atoms with Gasteiger partial charge in [-0.05, 0) is 63.5 Å². The first-order chi connectivity index (χ1) is 8.25. The van der Waals surface area contributed by atoms with E-state index in [1.54, 1.807) is 0 Å². The number of nitrogens with one attached hydrogen (secondary N) is 1. The van der Waals surface area contributed by atoms with Crippen LogP contribution in [0.4, 0.5) is 0 Å². The highest BCUT2D eigenvalue weighted by atomic mass is 15.1. The molecule has 0 amide bonds. The van der Waals surface area contributed by atoms with Crippen molar-refractivity contribution in [1.82, 2.24) is 10.2 Å². The lowest BCUT2D eigenvalue weighted by molar-refractivity contribution is 0.297. The molecule has 1 N–H and O–H groups in total. The average molecular weight is 232 g/mol. The first-order valence-corrected chi connectivity index (χ1v) is 6.69. The van der Waals surface area contributed by atoms with Crippen LogP contribution in [-0.2, 0) is 6.54 Å². The Hall–Kier alpha value is -0.860. The first-order valence-electron chi connectivity index (χ1n) is 6.69. The van der Waals surface area contributed by atoms with Gasteiger partial charge in [-0.1, -0.05) is 24.3 Å². The maximum atomic E-state index is 3.44. The van der Waals surface area contributed by atoms with Crippen molar-refractivity contribution in [3.63, 3.8) is 0 Å². The summed E-state index contributed by atoms with van der Waals surface area (Å²) in [4.78, 5) is 2.45. The van der Waals surface area contributed by atoms with Crippen LogP contribution in [0, 0.1) is 12.8 Å². The van der Waals surface area contributed by atoms with Gasteiger partial charge in [0, 0.05) is 6.54 Å². The molecule has 94 valence electrons. The minimum atomic E-state index is 0.898. The zero-order valence-corrected chi connectivity index (χ0v) is 11.1. The van der Waals surface area contributed by atoms with Crippen molar-refractivity contribution in [2.75, 3.05) is 26.7 Å². The Morgan fingerprint density at radius 2 is 2.18 bits per heavy atom. The monoisotopic (exact) mass is 232 g/mol. The average Bonchev–Trinajstić information content (AvgIpc) is 2.82. The molecule has 0 saturated carbocycles. The zero-order chi connectivity index (χ0) is 12.1. The molecule has 2 rings (SSSR count). The fourth-order valence-electron chi connectivity index (χ4n) is 2.52. The third kappa shape index (κ3) is 3.83. The minimum Gasteiger partial charge on any atom is -0.316 e. The Balaban J connectivity index is 1.76. The minimum absolute atomic E-state index is 0.898. The van der Waals surface area contributed by atoms with Crippen LogP contribution in [0.15, 0.2) is 24.3 Å². The Bertz CT molecular complexity index is 343. The number of hydrogen-bond donors (Lipinski definition) is 1. The van der Waals surface area contributed by atoms with Gasteiger partial charge in [0.1, 0.15) is 0 Å². The van der Waals surface area contributed by atoms with E-state index in [4.69, 9.17) is 0 Å². The Morgan fingerprint density at radius 1 is 1.35 bits per heavy atom. The summed E-state index contributed by atoms with van der Waals surface area (Å²) in [5.74, 6) is 0.898. The van der Waals surface area contributed by atoms with Crippen molar-refractivity contribution in [3.05, 3.63) is 35.4 Å². The van der Waals surface area contributed by atoms with Crippen LogP contribution in [-0.4, -0.2) is 31.6 Å². The largest absolute Gasteiger partial charge is 0.316 e. The molecule has 1 aliphatic rings. The van der Waals surface area contributed by atoms with Gasteiger partial charge in [-0.2, -0.15) is 0 Å². The van der Waals surface area contributed by atoms with Crippen LogP contribution in [0.5, 0.6) is 0 Å². The van der Waals surface area contributed by atoms with Crippen molar-refractivity contribution < 1.29 is 0 Å². The number of hydrogen-bond acceptors (Lipinski definition) is 2. The normalized spacial score (nSPS) is 20.1. The summed E-state index contributed by atoms with van der Waals surface area (Å²) in [6.45, 7) is 6.92. The predicted molar refractivity (Wildman–Crippen MR) is 73.1 cm³/mol. The van der Waals surface area contributed by atoms with Gasteiger partial charge in [0.05, 0.1) is 0 Å². The van der Waals surface area contributed by atoms with E-state index in [9.17, 15) is 0 Å². The highest BCUT2D eigenvalue weighted by molar-refractivity contribution is 5.25. The van der Waals surface area contributed by atoms with Gasteiger partial charge >= 0.3 is 0 Å². The SMILES string of the molecule is Cc1ccccc1CN(C)CCC1CCNC1. The van der Waals surface area contributed by atoms with Gasteiger partial charge in [0.15, 0.2) is 0 Å². The molecule has 2 nitrogen and oxygen atoms in total. The Morgan fingerprint density at radius 3 is 2.88 bits per heavy atom. The van der Waals surface area contributed by atoms with Crippen molar-refractivity contribution in [1.29, 1.82) is 0 Å². The number of aryl methyl sites for hydroxylation is 1. The highest BCUT2D eigenvalue weighted by Crippen LogP contribution is 2.14. The molecule has 0 aliphatic carbocycles. The fourth-order valence-corrected chi connectivity index (χ4v) is 2.52. The molecule has 1 saturated heterocycles. The summed E-state index contributed by atoms with van der Waals surface area (Å²) in [5, 5.41) is 3.44. The second kappa shape index (κ2) is 6.18. The van der Waals surface area contributed by atoms with Gasteiger partial charge in [-0.15, -0.1) is 0 Å². The maximum Gasteiger partial charge on any atom is 0.0233 e. The Kier molecular flexibility index (Phi) is 4.57. The van der Waals surface area contributed by atoms with Crippen LogP contribution in [0.25, 0.3) is 0 Å². The van der Waals surface area contributed by atoms with E-state index >= 15 is 0 Å². The smallest absolute Gasteiger partial charge is 0.0233 e. The molecule has 0 spiro atoms. The molecule has 2 heteroatoms. The van der Waals surface area contributed by atoms with Crippen molar-refractivity contribution in [2.45, 2.75) is 26.3 Å². The van der Waals surface area contributed by atoms with Crippen molar-refractivity contribution in [2.24, 2.45) is 5.92 Å². The van der Waals surface area contributed by atoms with Crippen molar-refractivity contribution >= 4 is 0 Å². The molecule has 1 aromatic carbocycles. The summed E-state index contributed by atoms with van der Waals surface area (Å²) < 4.78 is 0. The van der Waals surface area contributed by atoms with E-state index in [0.29, 0.717) is 0 Å². The lowest BCUT2D eigenvalue weighted by Crippen LogP contribution is -2.22. The number of benzene rings is 1. The molecule has 1 atom stereocenters. The highest BCUT2D eigenvalue weighted by Gasteiger charge is 2.14. The fraction of sp³-hybridized carbons (Fsp3) is 0.600. The molecule has 1 fully saturated rings. The maximum absolute atomic E-state index is 3.44. The molecule has 0 bridgehead atoms. The summed E-state index contributed by atoms with van der Waals surface area (Å²) in [5.41, 5.74) is 2.86. The van der Waals surface area contributed by atoms with Gasteiger partial charge in [0.2, 0.25) is 0 Å². The molecule has 1 aliphatic heterocycles. The summed E-state index contributed by atoms with van der Waals surface area (Å²) in [6.07, 6.45) is 2.69. The van der Waals surface area contributed by atoms with E-state index in [-0.39, 0.29) is 0 Å². The standard InChI is InChI=1S/C15H24N2/c1-13-5-3-4-6-15(13)12-17(2)10-8-14-7-9-16-11-14/h3-6,14,16H,7-12H2,1-2H3. The molecule has 1 heterocycles. The topological polar surface area (TPSA) is 15.3 Å². The molecular weight excluding hydrogens is 208 g/mol. The van der Waals surface area contributed by atoms with Crippen LogP contribution in [0.3, 0.4) is 0 Å². The Labute approximate surface area is 105 Å². The van der Waals surface area contributed by atoms with Crippen LogP contribution >= 0.6 is 0 Å². The van der Waals surface area contributed by atoms with E-state index in [0.717, 1.165) is 12.5 Å². The van der Waals surface area contributed by atoms with Crippen LogP contribution in [0.2, 0.25) is 0 Å². The molecule has 0 aromatic heterocycles. The third-order valence-electron chi connectivity index (χ3n) is 3.78. The molecule has 17 heavy (non-hydrogen) atoms. The van der Waals surface area contributed by atoms with E-state index in [1.807, 2.05) is 0 Å². The first kappa shape index (κ1) is 12.6. The van der Waals surface area contributed by atoms with E-state index in [1.165, 1.54) is 43.6 Å². The van der Waals surface area contributed by atoms with E-state index < -0.39 is 0 Å². The lowest BCUT2D eigenvalue weighted by atomic mass is 10.0. The molecular formula is C15H24N2. The van der Waals surface area contributed by atoms with Crippen LogP contribution in [0.1, 0.15) is 24.0 Å². The zero-order valence-electron chi connectivity index (χ0n) is 11.1. The van der Waals surface area contributed by atoms with Gasteiger partial charge in [-0.3, -0.25) is 0 Å². The lowest BCUT2D eigenvalue weighted by Gasteiger charge is -2.19. The molecule has 1 unspecified atom stereocenters. The second-order valence-electron chi connectivity index (χ2n) is 5.31. The van der Waals surface area contributed by atoms with E-state index in [2.05, 4.69) is 48.5 Å². The number of rotatable bonds is 5. The molecule has 0 radical (unpaired) electrons. The van der Waals surface area contributed by atoms with Gasteiger partial charge in [-0.25, -0.2) is 0 Å². The summed E-state index contributed by atoms with van der Waals surface area (Å²) in [6, 6.07) is 8.69. The number of nitrogens with zero attached hydrogens (tertiary/aromatic N) is 1. The van der Waals surface area contributed by atoms with Gasteiger partial charge in [0.25, 0.3) is 0 Å². The van der Waals surface area contributed by atoms with Crippen LogP contribution < -0.4 is 5.32 Å². The summed E-state index contributed by atoms with van der Waals surface area (Å²) in [7, 11) is 2.23. The third-order valence-corrected chi connectivity index (χ3v) is 3.78. The quantitative estimate of drug-likeness (QED) is 0.839. The predicted octanol–water partition coefficient (Wildman–Crippen LogP) is 2.43. The summed E-state index contributed by atoms with van der Waals surface area (Å²) >= 11 is 0. The second-order valence-corrected chi connectivity index (χ2v) is 5.31. The van der Waals surface area contributed by atoms with Gasteiger partial charge < -0.3 is 10.2 Å².